The van der Waals surface area contributed by atoms with Gasteiger partial charge in [0.25, 0.3) is 0 Å². The van der Waals surface area contributed by atoms with Gasteiger partial charge in [0.15, 0.2) is 0 Å². The summed E-state index contributed by atoms with van der Waals surface area (Å²) in [4.78, 5) is 4.17. The number of rotatable bonds is 7. The zero-order chi connectivity index (χ0) is 11.1. The molecular weight excluding hydrogens is 188 g/mol. The summed E-state index contributed by atoms with van der Waals surface area (Å²) in [6.07, 6.45) is 6.69. The highest BCUT2D eigenvalue weighted by molar-refractivity contribution is 4.84. The fourth-order valence-electron chi connectivity index (χ4n) is 1.45. The highest BCUT2D eigenvalue weighted by atomic mass is 15.3. The molecule has 0 aliphatic carbocycles. The summed E-state index contributed by atoms with van der Waals surface area (Å²) < 4.78 is 1.82. The van der Waals surface area contributed by atoms with Crippen molar-refractivity contribution in [1.29, 1.82) is 0 Å². The topological polar surface area (TPSA) is 42.7 Å². The monoisotopic (exact) mass is 208 g/mol. The van der Waals surface area contributed by atoms with Crippen molar-refractivity contribution in [3.63, 3.8) is 0 Å². The third-order valence-electron chi connectivity index (χ3n) is 2.45. The zero-order valence-corrected chi connectivity index (χ0v) is 9.61. The molecule has 0 radical (unpaired) electrons. The average Bonchev–Trinajstić information content (AvgIpc) is 2.61. The van der Waals surface area contributed by atoms with Gasteiger partial charge in [-0.05, 0) is 19.8 Å². The summed E-state index contributed by atoms with van der Waals surface area (Å²) in [7, 11) is 1.92. The van der Waals surface area contributed by atoms with E-state index in [1.807, 2.05) is 17.8 Å². The van der Waals surface area contributed by atoms with Crippen LogP contribution in [0, 0.1) is 0 Å². The van der Waals surface area contributed by atoms with Crippen molar-refractivity contribution in [3.8, 4) is 0 Å². The Balaban J connectivity index is 2.16. The van der Waals surface area contributed by atoms with Crippen LogP contribution in [-0.4, -0.2) is 27.4 Å². The van der Waals surface area contributed by atoms with Crippen LogP contribution in [0.1, 0.15) is 25.6 Å². The number of aryl methyl sites for hydroxylation is 1. The molecular formula is C11H20N4. The third-order valence-corrected chi connectivity index (χ3v) is 2.45. The van der Waals surface area contributed by atoms with Gasteiger partial charge in [0, 0.05) is 26.1 Å². The van der Waals surface area contributed by atoms with E-state index < -0.39 is 0 Å². The SMILES string of the molecule is C=CCCC(C)NCCc1ncnn1C. The number of hydrogen-bond acceptors (Lipinski definition) is 3. The van der Waals surface area contributed by atoms with Crippen molar-refractivity contribution in [3.05, 3.63) is 24.8 Å². The minimum absolute atomic E-state index is 0.538. The second kappa shape index (κ2) is 6.35. The molecule has 0 aromatic carbocycles. The maximum atomic E-state index is 4.17. The Morgan fingerprint density at radius 3 is 3.07 bits per heavy atom. The van der Waals surface area contributed by atoms with Crippen molar-refractivity contribution >= 4 is 0 Å². The number of hydrogen-bond donors (Lipinski definition) is 1. The summed E-state index contributed by atoms with van der Waals surface area (Å²) >= 11 is 0. The fraction of sp³-hybridized carbons (Fsp3) is 0.636. The first kappa shape index (κ1) is 11.9. The molecule has 1 heterocycles. The number of allylic oxidation sites excluding steroid dienone is 1. The van der Waals surface area contributed by atoms with Gasteiger partial charge in [-0.1, -0.05) is 6.08 Å². The molecule has 0 saturated carbocycles. The van der Waals surface area contributed by atoms with Crippen molar-refractivity contribution in [2.24, 2.45) is 7.05 Å². The third kappa shape index (κ3) is 4.25. The lowest BCUT2D eigenvalue weighted by atomic mass is 10.2. The molecule has 0 aliphatic heterocycles. The Kier molecular flexibility index (Phi) is 5.04. The van der Waals surface area contributed by atoms with E-state index in [9.17, 15) is 0 Å². The number of aromatic nitrogens is 3. The fourth-order valence-corrected chi connectivity index (χ4v) is 1.45. The minimum atomic E-state index is 0.538. The quantitative estimate of drug-likeness (QED) is 0.687. The van der Waals surface area contributed by atoms with Crippen molar-refractivity contribution in [1.82, 2.24) is 20.1 Å². The molecule has 1 atom stereocenters. The van der Waals surface area contributed by atoms with Gasteiger partial charge in [0.05, 0.1) is 0 Å². The van der Waals surface area contributed by atoms with E-state index in [2.05, 4.69) is 28.9 Å². The Morgan fingerprint density at radius 2 is 2.47 bits per heavy atom. The predicted octanol–water partition coefficient (Wildman–Crippen LogP) is 1.30. The van der Waals surface area contributed by atoms with Crippen LogP contribution in [-0.2, 0) is 13.5 Å². The second-order valence-corrected chi connectivity index (χ2v) is 3.77. The molecule has 1 unspecified atom stereocenters. The largest absolute Gasteiger partial charge is 0.314 e. The van der Waals surface area contributed by atoms with Gasteiger partial charge in [0.1, 0.15) is 12.2 Å². The summed E-state index contributed by atoms with van der Waals surface area (Å²) in [6.45, 7) is 6.86. The maximum Gasteiger partial charge on any atom is 0.138 e. The molecule has 4 nitrogen and oxygen atoms in total. The van der Waals surface area contributed by atoms with Gasteiger partial charge < -0.3 is 5.32 Å². The lowest BCUT2D eigenvalue weighted by Gasteiger charge is -2.11. The minimum Gasteiger partial charge on any atom is -0.314 e. The van der Waals surface area contributed by atoms with E-state index >= 15 is 0 Å². The van der Waals surface area contributed by atoms with E-state index in [0.717, 1.165) is 31.6 Å². The molecule has 0 aliphatic rings. The van der Waals surface area contributed by atoms with Crippen molar-refractivity contribution < 1.29 is 0 Å². The summed E-state index contributed by atoms with van der Waals surface area (Å²) in [5.74, 6) is 1.03. The molecule has 0 fully saturated rings. The predicted molar refractivity (Wildman–Crippen MR) is 61.6 cm³/mol. The maximum absolute atomic E-state index is 4.17. The highest BCUT2D eigenvalue weighted by Gasteiger charge is 2.02. The van der Waals surface area contributed by atoms with Gasteiger partial charge in [0.2, 0.25) is 0 Å². The van der Waals surface area contributed by atoms with Gasteiger partial charge in [-0.3, -0.25) is 4.68 Å². The van der Waals surface area contributed by atoms with Gasteiger partial charge in [-0.25, -0.2) is 4.98 Å². The van der Waals surface area contributed by atoms with Crippen LogP contribution in [0.4, 0.5) is 0 Å². The first-order valence-electron chi connectivity index (χ1n) is 5.41. The zero-order valence-electron chi connectivity index (χ0n) is 9.61. The van der Waals surface area contributed by atoms with Crippen molar-refractivity contribution in [2.75, 3.05) is 6.54 Å². The smallest absolute Gasteiger partial charge is 0.138 e. The molecule has 1 aromatic heterocycles. The van der Waals surface area contributed by atoms with Crippen LogP contribution < -0.4 is 5.32 Å². The van der Waals surface area contributed by atoms with Crippen molar-refractivity contribution in [2.45, 2.75) is 32.2 Å². The summed E-state index contributed by atoms with van der Waals surface area (Å²) in [5.41, 5.74) is 0. The van der Waals surface area contributed by atoms with Crippen LogP contribution in [0.2, 0.25) is 0 Å². The molecule has 0 bridgehead atoms. The van der Waals surface area contributed by atoms with Crippen LogP contribution >= 0.6 is 0 Å². The van der Waals surface area contributed by atoms with E-state index in [1.165, 1.54) is 0 Å². The van der Waals surface area contributed by atoms with Crippen LogP contribution in [0.3, 0.4) is 0 Å². The Hall–Kier alpha value is -1.16. The van der Waals surface area contributed by atoms with Gasteiger partial charge in [-0.2, -0.15) is 5.10 Å². The van der Waals surface area contributed by atoms with Gasteiger partial charge >= 0.3 is 0 Å². The summed E-state index contributed by atoms with van der Waals surface area (Å²) in [5, 5.41) is 7.48. The molecule has 84 valence electrons. The normalized spacial score (nSPS) is 12.7. The summed E-state index contributed by atoms with van der Waals surface area (Å²) in [6, 6.07) is 0.538. The van der Waals surface area contributed by atoms with E-state index in [1.54, 1.807) is 6.33 Å². The average molecular weight is 208 g/mol. The lowest BCUT2D eigenvalue weighted by Crippen LogP contribution is -2.28. The second-order valence-electron chi connectivity index (χ2n) is 3.77. The molecule has 1 N–H and O–H groups in total. The molecule has 15 heavy (non-hydrogen) atoms. The van der Waals surface area contributed by atoms with E-state index in [4.69, 9.17) is 0 Å². The van der Waals surface area contributed by atoms with Crippen LogP contribution in [0.15, 0.2) is 19.0 Å². The van der Waals surface area contributed by atoms with Crippen LogP contribution in [0.25, 0.3) is 0 Å². The molecule has 1 aromatic rings. The molecule has 0 spiro atoms. The highest BCUT2D eigenvalue weighted by Crippen LogP contribution is 1.97. The molecule has 0 amide bonds. The Morgan fingerprint density at radius 1 is 1.67 bits per heavy atom. The first-order chi connectivity index (χ1) is 7.24. The number of nitrogens with zero attached hydrogens (tertiary/aromatic N) is 3. The first-order valence-corrected chi connectivity index (χ1v) is 5.41. The van der Waals surface area contributed by atoms with Gasteiger partial charge in [-0.15, -0.1) is 6.58 Å². The number of nitrogens with one attached hydrogen (secondary N) is 1. The lowest BCUT2D eigenvalue weighted by molar-refractivity contribution is 0.513. The molecule has 4 heteroatoms. The van der Waals surface area contributed by atoms with E-state index in [0.29, 0.717) is 6.04 Å². The Labute approximate surface area is 91.4 Å². The Bertz CT molecular complexity index is 293. The molecule has 1 rings (SSSR count). The molecule has 0 saturated heterocycles. The van der Waals surface area contributed by atoms with E-state index in [-0.39, 0.29) is 0 Å². The van der Waals surface area contributed by atoms with Crippen LogP contribution in [0.5, 0.6) is 0 Å². The standard InChI is InChI=1S/C11H20N4/c1-4-5-6-10(2)12-8-7-11-13-9-14-15(11)3/h4,9-10,12H,1,5-8H2,2-3H3.